The Hall–Kier alpha value is -3.88. The molecular formula is C31H23Cl3N4O2S. The van der Waals surface area contributed by atoms with E-state index >= 15 is 0 Å². The molecule has 1 heterocycles. The summed E-state index contributed by atoms with van der Waals surface area (Å²) in [5, 5.41) is 11.3. The molecule has 0 atom stereocenters. The van der Waals surface area contributed by atoms with Crippen LogP contribution in [-0.4, -0.2) is 17.1 Å². The molecule has 41 heavy (non-hydrogen) atoms. The lowest BCUT2D eigenvalue weighted by Crippen LogP contribution is -2.17. The number of hydrogen-bond acceptors (Lipinski definition) is 6. The summed E-state index contributed by atoms with van der Waals surface area (Å²) in [6.45, 7) is 2.27. The van der Waals surface area contributed by atoms with Crippen LogP contribution in [0.15, 0.2) is 95.4 Å². The van der Waals surface area contributed by atoms with Crippen LogP contribution in [0.2, 0.25) is 15.1 Å². The lowest BCUT2D eigenvalue weighted by atomic mass is 10.1. The van der Waals surface area contributed by atoms with Gasteiger partial charge in [0.2, 0.25) is 0 Å². The van der Waals surface area contributed by atoms with Crippen molar-refractivity contribution in [2.24, 2.45) is 5.10 Å². The maximum absolute atomic E-state index is 12.6. The Balaban J connectivity index is 1.17. The quantitative estimate of drug-likeness (QED) is 0.127. The average Bonchev–Trinajstić information content (AvgIpc) is 3.43. The van der Waals surface area contributed by atoms with Gasteiger partial charge in [-0.15, -0.1) is 11.3 Å². The van der Waals surface area contributed by atoms with Crippen LogP contribution in [0, 0.1) is 6.92 Å². The zero-order chi connectivity index (χ0) is 28.8. The second-order valence-electron chi connectivity index (χ2n) is 9.00. The number of carbonyl (C=O) groups is 1. The fourth-order valence-electron chi connectivity index (χ4n) is 3.80. The molecule has 4 aromatic carbocycles. The maximum Gasteiger partial charge on any atom is 0.271 e. The molecule has 0 aliphatic rings. The minimum atomic E-state index is -0.357. The van der Waals surface area contributed by atoms with Crippen molar-refractivity contribution in [3.63, 3.8) is 0 Å². The smallest absolute Gasteiger partial charge is 0.271 e. The van der Waals surface area contributed by atoms with Crippen molar-refractivity contribution in [2.45, 2.75) is 13.5 Å². The Morgan fingerprint density at radius 3 is 2.37 bits per heavy atom. The Labute approximate surface area is 256 Å². The van der Waals surface area contributed by atoms with Gasteiger partial charge in [-0.2, -0.15) is 5.10 Å². The number of thiazole rings is 1. The summed E-state index contributed by atoms with van der Waals surface area (Å²) in [5.41, 5.74) is 8.29. The highest BCUT2D eigenvalue weighted by Gasteiger charge is 2.12. The van der Waals surface area contributed by atoms with Crippen molar-refractivity contribution in [3.8, 4) is 17.0 Å². The van der Waals surface area contributed by atoms with Gasteiger partial charge in [0.15, 0.2) is 10.9 Å². The number of aryl methyl sites for hydroxylation is 1. The number of benzene rings is 4. The van der Waals surface area contributed by atoms with Crippen LogP contribution in [0.3, 0.4) is 0 Å². The van der Waals surface area contributed by atoms with Crippen LogP contribution < -0.4 is 15.5 Å². The van der Waals surface area contributed by atoms with Crippen LogP contribution in [0.25, 0.3) is 11.3 Å². The highest BCUT2D eigenvalue weighted by Crippen LogP contribution is 2.35. The van der Waals surface area contributed by atoms with Gasteiger partial charge in [0.05, 0.1) is 22.0 Å². The molecule has 0 unspecified atom stereocenters. The van der Waals surface area contributed by atoms with E-state index in [1.54, 1.807) is 30.3 Å². The van der Waals surface area contributed by atoms with Crippen molar-refractivity contribution in [1.29, 1.82) is 0 Å². The van der Waals surface area contributed by atoms with Crippen LogP contribution >= 0.6 is 46.1 Å². The van der Waals surface area contributed by atoms with E-state index in [1.165, 1.54) is 23.1 Å². The maximum atomic E-state index is 12.6. The van der Waals surface area contributed by atoms with Gasteiger partial charge in [0, 0.05) is 32.8 Å². The lowest BCUT2D eigenvalue weighted by Gasteiger charge is -2.11. The number of amides is 1. The van der Waals surface area contributed by atoms with E-state index in [1.807, 2.05) is 66.9 Å². The number of hydrogen-bond donors (Lipinski definition) is 2. The van der Waals surface area contributed by atoms with Crippen molar-refractivity contribution in [1.82, 2.24) is 10.4 Å². The van der Waals surface area contributed by atoms with E-state index in [0.29, 0.717) is 31.9 Å². The molecule has 2 N–H and O–H groups in total. The molecule has 0 bridgehead atoms. The Kier molecular flexibility index (Phi) is 9.21. The molecule has 0 radical (unpaired) electrons. The largest absolute Gasteiger partial charge is 0.486 e. The van der Waals surface area contributed by atoms with E-state index in [2.05, 4.69) is 20.8 Å². The summed E-state index contributed by atoms with van der Waals surface area (Å²) in [5.74, 6) is -0.0163. The zero-order valence-corrected chi connectivity index (χ0v) is 24.8. The van der Waals surface area contributed by atoms with Gasteiger partial charge in [-0.25, -0.2) is 10.4 Å². The summed E-state index contributed by atoms with van der Waals surface area (Å²) < 4.78 is 5.79. The minimum Gasteiger partial charge on any atom is -0.486 e. The molecule has 0 aliphatic heterocycles. The molecule has 0 fully saturated rings. The van der Waals surface area contributed by atoms with Crippen LogP contribution in [0.5, 0.6) is 5.75 Å². The van der Waals surface area contributed by atoms with Gasteiger partial charge < -0.3 is 10.1 Å². The summed E-state index contributed by atoms with van der Waals surface area (Å²) in [6.07, 6.45) is 1.46. The Morgan fingerprint density at radius 2 is 1.66 bits per heavy atom. The Morgan fingerprint density at radius 1 is 0.951 bits per heavy atom. The molecule has 0 spiro atoms. The third kappa shape index (κ3) is 7.45. The zero-order valence-electron chi connectivity index (χ0n) is 21.7. The predicted molar refractivity (Wildman–Crippen MR) is 169 cm³/mol. The van der Waals surface area contributed by atoms with Gasteiger partial charge >= 0.3 is 0 Å². The average molecular weight is 622 g/mol. The van der Waals surface area contributed by atoms with E-state index < -0.39 is 0 Å². The fraction of sp³-hybridized carbons (Fsp3) is 0.0645. The predicted octanol–water partition coefficient (Wildman–Crippen LogP) is 9.17. The second kappa shape index (κ2) is 13.2. The SMILES string of the molecule is Cc1ccc(Nc2nc(-c3ccc(C(=O)N/N=C\c4cc(Cl)c(OCc5ccccc5Cl)c(Cl)c4)cc3)cs2)cc1. The molecule has 10 heteroatoms. The first-order valence-electron chi connectivity index (χ1n) is 12.4. The third-order valence-corrected chi connectivity index (χ3v) is 7.67. The van der Waals surface area contributed by atoms with Gasteiger partial charge in [-0.1, -0.05) is 82.8 Å². The summed E-state index contributed by atoms with van der Waals surface area (Å²) in [6, 6.07) is 25.9. The highest BCUT2D eigenvalue weighted by atomic mass is 35.5. The first kappa shape index (κ1) is 28.6. The van der Waals surface area contributed by atoms with Crippen molar-refractivity contribution < 1.29 is 9.53 Å². The topological polar surface area (TPSA) is 75.6 Å². The number of carbonyl (C=O) groups excluding carboxylic acids is 1. The minimum absolute atomic E-state index is 0.218. The van der Waals surface area contributed by atoms with Crippen LogP contribution in [0.1, 0.15) is 27.0 Å². The molecule has 0 saturated heterocycles. The monoisotopic (exact) mass is 620 g/mol. The van der Waals surface area contributed by atoms with Gasteiger partial charge in [0.25, 0.3) is 5.91 Å². The summed E-state index contributed by atoms with van der Waals surface area (Å²) >= 11 is 20.5. The molecule has 206 valence electrons. The standard InChI is InChI=1S/C31H23Cl3N4O2S/c1-19-6-12-24(13-7-19)36-31-37-28(18-41-31)21-8-10-22(11-9-21)30(39)38-35-16-20-14-26(33)29(27(34)15-20)40-17-23-4-2-3-5-25(23)32/h2-16,18H,17H2,1H3,(H,36,37)(H,38,39)/b35-16-. The first-order valence-corrected chi connectivity index (χ1v) is 14.5. The van der Waals surface area contributed by atoms with E-state index in [9.17, 15) is 4.79 Å². The summed E-state index contributed by atoms with van der Waals surface area (Å²) in [7, 11) is 0. The molecule has 5 rings (SSSR count). The van der Waals surface area contributed by atoms with E-state index in [0.717, 1.165) is 27.6 Å². The number of anilines is 2. The normalized spacial score (nSPS) is 11.0. The number of nitrogens with one attached hydrogen (secondary N) is 2. The molecule has 1 amide bonds. The lowest BCUT2D eigenvalue weighted by molar-refractivity contribution is 0.0955. The fourth-order valence-corrected chi connectivity index (χ4v) is 5.35. The second-order valence-corrected chi connectivity index (χ2v) is 11.1. The third-order valence-electron chi connectivity index (χ3n) is 5.98. The van der Waals surface area contributed by atoms with Gasteiger partial charge in [0.1, 0.15) is 6.61 Å². The number of aromatic nitrogens is 1. The van der Waals surface area contributed by atoms with Gasteiger partial charge in [-0.3, -0.25) is 4.79 Å². The number of halogens is 3. The van der Waals surface area contributed by atoms with Crippen LogP contribution in [-0.2, 0) is 6.61 Å². The number of nitrogens with zero attached hydrogens (tertiary/aromatic N) is 2. The molecule has 0 aliphatic carbocycles. The molecule has 6 nitrogen and oxygen atoms in total. The van der Waals surface area contributed by atoms with E-state index in [4.69, 9.17) is 39.5 Å². The van der Waals surface area contributed by atoms with Crippen molar-refractivity contribution in [2.75, 3.05) is 5.32 Å². The van der Waals surface area contributed by atoms with Crippen molar-refractivity contribution >= 4 is 69.1 Å². The molecule has 0 saturated carbocycles. The van der Waals surface area contributed by atoms with Crippen molar-refractivity contribution in [3.05, 3.63) is 128 Å². The highest BCUT2D eigenvalue weighted by molar-refractivity contribution is 7.14. The number of rotatable bonds is 9. The number of ether oxygens (including phenoxy) is 1. The Bertz CT molecular complexity index is 1680. The molecule has 5 aromatic rings. The summed E-state index contributed by atoms with van der Waals surface area (Å²) in [4.78, 5) is 17.3. The first-order chi connectivity index (χ1) is 19.9. The molecular weight excluding hydrogens is 599 g/mol. The molecule has 1 aromatic heterocycles. The van der Waals surface area contributed by atoms with E-state index in [-0.39, 0.29) is 12.5 Å². The van der Waals surface area contributed by atoms with Gasteiger partial charge in [-0.05, 0) is 55.0 Å². The number of hydrazone groups is 1. The van der Waals surface area contributed by atoms with Crippen LogP contribution in [0.4, 0.5) is 10.8 Å².